The fourth-order valence-corrected chi connectivity index (χ4v) is 2.18. The van der Waals surface area contributed by atoms with Crippen molar-refractivity contribution in [1.29, 1.82) is 0 Å². The number of nitrogens with one attached hydrogen (secondary N) is 1. The minimum absolute atomic E-state index is 0.0311. The van der Waals surface area contributed by atoms with Crippen LogP contribution in [0.4, 0.5) is 8.78 Å². The molecule has 0 saturated carbocycles. The molecule has 0 radical (unpaired) electrons. The Morgan fingerprint density at radius 3 is 2.11 bits per heavy atom. The Morgan fingerprint density at radius 2 is 1.63 bits per heavy atom. The fraction of sp³-hybridized carbons (Fsp3) is 0.222. The van der Waals surface area contributed by atoms with Crippen molar-refractivity contribution >= 4 is 12.1 Å². The zero-order valence-electron chi connectivity index (χ0n) is 14.9. The Bertz CT molecular complexity index is 785. The number of carbonyl (C=O) groups is 1. The van der Waals surface area contributed by atoms with E-state index in [1.165, 1.54) is 63.9 Å². The van der Waals surface area contributed by atoms with E-state index in [4.69, 9.17) is 14.2 Å². The lowest BCUT2D eigenvalue weighted by Crippen LogP contribution is -2.18. The van der Waals surface area contributed by atoms with Gasteiger partial charge in [0.25, 0.3) is 5.91 Å². The van der Waals surface area contributed by atoms with E-state index in [9.17, 15) is 13.6 Å². The molecule has 1 N–H and O–H groups in total. The highest BCUT2D eigenvalue weighted by atomic mass is 19.3. The molecule has 0 bridgehead atoms. The molecule has 0 aliphatic carbocycles. The first kappa shape index (κ1) is 20.0. The van der Waals surface area contributed by atoms with Crippen molar-refractivity contribution in [1.82, 2.24) is 5.43 Å². The second-order valence-corrected chi connectivity index (χ2v) is 5.06. The number of nitrogens with zero attached hydrogens (tertiary/aromatic N) is 1. The van der Waals surface area contributed by atoms with E-state index in [1.54, 1.807) is 0 Å². The van der Waals surface area contributed by atoms with Crippen molar-refractivity contribution in [3.05, 3.63) is 47.5 Å². The summed E-state index contributed by atoms with van der Waals surface area (Å²) in [6.45, 7) is -2.89. The van der Waals surface area contributed by atoms with Crippen LogP contribution in [0.3, 0.4) is 0 Å². The van der Waals surface area contributed by atoms with Gasteiger partial charge in [0.1, 0.15) is 5.75 Å². The molecule has 0 saturated heterocycles. The normalized spacial score (nSPS) is 10.7. The Morgan fingerprint density at radius 1 is 1.04 bits per heavy atom. The maximum Gasteiger partial charge on any atom is 0.387 e. The second kappa shape index (κ2) is 9.37. The average molecular weight is 380 g/mol. The number of benzene rings is 2. The van der Waals surface area contributed by atoms with Crippen molar-refractivity contribution in [2.75, 3.05) is 21.3 Å². The van der Waals surface area contributed by atoms with Crippen LogP contribution in [-0.2, 0) is 0 Å². The molecule has 0 spiro atoms. The van der Waals surface area contributed by atoms with Gasteiger partial charge < -0.3 is 18.9 Å². The van der Waals surface area contributed by atoms with Crippen LogP contribution in [0.1, 0.15) is 15.9 Å². The number of ether oxygens (including phenoxy) is 4. The molecule has 0 aliphatic heterocycles. The number of hydrazone groups is 1. The summed E-state index contributed by atoms with van der Waals surface area (Å²) < 4.78 is 44.1. The molecular formula is C18H18F2N2O5. The lowest BCUT2D eigenvalue weighted by Gasteiger charge is -2.13. The number of halogens is 2. The highest BCUT2D eigenvalue weighted by Gasteiger charge is 2.16. The minimum atomic E-state index is -2.89. The van der Waals surface area contributed by atoms with E-state index in [0.717, 1.165) is 0 Å². The van der Waals surface area contributed by atoms with Gasteiger partial charge in [0, 0.05) is 5.56 Å². The first-order valence-corrected chi connectivity index (χ1v) is 7.66. The summed E-state index contributed by atoms with van der Waals surface area (Å²) in [5.41, 5.74) is 3.20. The standard InChI is InChI=1S/C18H18F2N2O5/c1-24-14-8-12(9-15(25-2)16(14)26-3)17(23)22-21-10-11-4-6-13(7-5-11)27-18(19)20/h4-10,18H,1-3H3,(H,22,23)/b21-10-. The van der Waals surface area contributed by atoms with Crippen molar-refractivity contribution < 1.29 is 32.5 Å². The summed E-state index contributed by atoms with van der Waals surface area (Å²) in [5.74, 6) is 0.569. The quantitative estimate of drug-likeness (QED) is 0.563. The van der Waals surface area contributed by atoms with Gasteiger partial charge in [0.15, 0.2) is 11.5 Å². The third kappa shape index (κ3) is 5.30. The number of hydrogen-bond acceptors (Lipinski definition) is 6. The Balaban J connectivity index is 2.07. The van der Waals surface area contributed by atoms with Gasteiger partial charge in [-0.3, -0.25) is 4.79 Å². The van der Waals surface area contributed by atoms with Crippen LogP contribution in [0.25, 0.3) is 0 Å². The smallest absolute Gasteiger partial charge is 0.387 e. The third-order valence-corrected chi connectivity index (χ3v) is 3.41. The van der Waals surface area contributed by atoms with E-state index < -0.39 is 12.5 Å². The average Bonchev–Trinajstić information content (AvgIpc) is 2.67. The molecule has 2 rings (SSSR count). The van der Waals surface area contributed by atoms with Gasteiger partial charge in [-0.25, -0.2) is 5.43 Å². The van der Waals surface area contributed by atoms with Gasteiger partial charge in [-0.05, 0) is 42.0 Å². The molecule has 0 atom stereocenters. The van der Waals surface area contributed by atoms with Gasteiger partial charge in [-0.15, -0.1) is 0 Å². The molecule has 0 fully saturated rings. The van der Waals surface area contributed by atoms with Gasteiger partial charge in [-0.2, -0.15) is 13.9 Å². The number of rotatable bonds is 8. The Kier molecular flexibility index (Phi) is 6.93. The van der Waals surface area contributed by atoms with Crippen LogP contribution >= 0.6 is 0 Å². The largest absolute Gasteiger partial charge is 0.493 e. The van der Waals surface area contributed by atoms with Crippen LogP contribution < -0.4 is 24.4 Å². The zero-order valence-corrected chi connectivity index (χ0v) is 14.9. The first-order chi connectivity index (χ1) is 13.0. The number of alkyl halides is 2. The van der Waals surface area contributed by atoms with Crippen LogP contribution in [-0.4, -0.2) is 40.1 Å². The van der Waals surface area contributed by atoms with Crippen LogP contribution in [0.15, 0.2) is 41.5 Å². The summed E-state index contributed by atoms with van der Waals surface area (Å²) in [4.78, 5) is 12.3. The van der Waals surface area contributed by atoms with Gasteiger partial charge >= 0.3 is 6.61 Å². The molecule has 27 heavy (non-hydrogen) atoms. The molecule has 144 valence electrons. The molecule has 0 aromatic heterocycles. The van der Waals surface area contributed by atoms with Crippen LogP contribution in [0.2, 0.25) is 0 Å². The molecule has 1 amide bonds. The van der Waals surface area contributed by atoms with E-state index in [-0.39, 0.29) is 11.3 Å². The van der Waals surface area contributed by atoms with Crippen molar-refractivity contribution in [2.45, 2.75) is 6.61 Å². The predicted molar refractivity (Wildman–Crippen MR) is 94.2 cm³/mol. The maximum atomic E-state index is 12.3. The number of amides is 1. The maximum absolute atomic E-state index is 12.3. The van der Waals surface area contributed by atoms with Gasteiger partial charge in [0.2, 0.25) is 5.75 Å². The van der Waals surface area contributed by atoms with E-state index in [2.05, 4.69) is 15.3 Å². The molecule has 7 nitrogen and oxygen atoms in total. The summed E-state index contributed by atoms with van der Waals surface area (Å²) in [6, 6.07) is 8.76. The lowest BCUT2D eigenvalue weighted by atomic mass is 10.1. The number of methoxy groups -OCH3 is 3. The number of hydrogen-bond donors (Lipinski definition) is 1. The molecule has 0 heterocycles. The molecular weight excluding hydrogens is 362 g/mol. The van der Waals surface area contributed by atoms with Crippen LogP contribution in [0, 0.1) is 0 Å². The molecule has 2 aromatic rings. The molecule has 9 heteroatoms. The van der Waals surface area contributed by atoms with E-state index >= 15 is 0 Å². The Hall–Kier alpha value is -3.36. The summed E-state index contributed by atoms with van der Waals surface area (Å²) in [7, 11) is 4.35. The molecule has 0 unspecified atom stereocenters. The first-order valence-electron chi connectivity index (χ1n) is 7.66. The summed E-state index contributed by atoms with van der Waals surface area (Å²) >= 11 is 0. The highest BCUT2D eigenvalue weighted by Crippen LogP contribution is 2.38. The molecule has 0 aliphatic rings. The number of carbonyl (C=O) groups excluding carboxylic acids is 1. The van der Waals surface area contributed by atoms with Crippen molar-refractivity contribution in [2.24, 2.45) is 5.10 Å². The summed E-state index contributed by atoms with van der Waals surface area (Å²) in [5, 5.41) is 3.84. The topological polar surface area (TPSA) is 78.4 Å². The van der Waals surface area contributed by atoms with Crippen molar-refractivity contribution in [3.8, 4) is 23.0 Å². The SMILES string of the molecule is COc1cc(C(=O)N/N=C\c2ccc(OC(F)F)cc2)cc(OC)c1OC. The van der Waals surface area contributed by atoms with Gasteiger partial charge in [0.05, 0.1) is 27.5 Å². The zero-order chi connectivity index (χ0) is 19.8. The van der Waals surface area contributed by atoms with Crippen LogP contribution in [0.5, 0.6) is 23.0 Å². The van der Waals surface area contributed by atoms with Crippen molar-refractivity contribution in [3.63, 3.8) is 0 Å². The monoisotopic (exact) mass is 380 g/mol. The lowest BCUT2D eigenvalue weighted by molar-refractivity contribution is -0.0498. The van der Waals surface area contributed by atoms with Gasteiger partial charge in [-0.1, -0.05) is 0 Å². The fourth-order valence-electron chi connectivity index (χ4n) is 2.18. The minimum Gasteiger partial charge on any atom is -0.493 e. The Labute approximate surface area is 154 Å². The third-order valence-electron chi connectivity index (χ3n) is 3.41. The van der Waals surface area contributed by atoms with E-state index in [0.29, 0.717) is 22.8 Å². The second-order valence-electron chi connectivity index (χ2n) is 5.06. The van der Waals surface area contributed by atoms with E-state index in [1.807, 2.05) is 0 Å². The highest BCUT2D eigenvalue weighted by molar-refractivity contribution is 5.96. The molecule has 2 aromatic carbocycles. The predicted octanol–water partition coefficient (Wildman–Crippen LogP) is 3.08. The summed E-state index contributed by atoms with van der Waals surface area (Å²) in [6.07, 6.45) is 1.36.